The molecule has 2 nitrogen and oxygen atoms in total. The fourth-order valence-electron chi connectivity index (χ4n) is 2.61. The molecule has 0 saturated heterocycles. The molecule has 23 heavy (non-hydrogen) atoms. The van der Waals surface area contributed by atoms with Gasteiger partial charge in [0.25, 0.3) is 0 Å². The van der Waals surface area contributed by atoms with Crippen molar-refractivity contribution in [3.05, 3.63) is 71.8 Å². The standard InChI is InChI=1S/C20H27NO.ClH/c1-20(2,3)21-15-18(22)14-19(16-10-6-4-7-11-16)17-12-8-5-9-13-17;/h4-13,18-19,21-22H,14-15H2,1-3H3;1H. The van der Waals surface area contributed by atoms with E-state index in [0.717, 1.165) is 6.42 Å². The van der Waals surface area contributed by atoms with Crippen LogP contribution in [0.1, 0.15) is 44.2 Å². The van der Waals surface area contributed by atoms with Gasteiger partial charge >= 0.3 is 0 Å². The molecule has 0 aliphatic rings. The largest absolute Gasteiger partial charge is 0.392 e. The second-order valence-corrected chi connectivity index (χ2v) is 6.89. The normalized spacial score (nSPS) is 12.7. The van der Waals surface area contributed by atoms with Gasteiger partial charge in [-0.05, 0) is 38.3 Å². The molecule has 0 aromatic heterocycles. The summed E-state index contributed by atoms with van der Waals surface area (Å²) in [7, 11) is 0. The maximum atomic E-state index is 10.4. The molecule has 2 N–H and O–H groups in total. The highest BCUT2D eigenvalue weighted by molar-refractivity contribution is 5.85. The van der Waals surface area contributed by atoms with E-state index in [0.29, 0.717) is 6.54 Å². The summed E-state index contributed by atoms with van der Waals surface area (Å²) in [6.07, 6.45) is 0.349. The third kappa shape index (κ3) is 6.74. The first-order valence-corrected chi connectivity index (χ1v) is 7.99. The van der Waals surface area contributed by atoms with Crippen LogP contribution in [0.5, 0.6) is 0 Å². The number of aliphatic hydroxyl groups is 1. The van der Waals surface area contributed by atoms with E-state index < -0.39 is 0 Å². The van der Waals surface area contributed by atoms with E-state index in [1.165, 1.54) is 11.1 Å². The van der Waals surface area contributed by atoms with Gasteiger partial charge in [0.1, 0.15) is 0 Å². The fourth-order valence-corrected chi connectivity index (χ4v) is 2.61. The van der Waals surface area contributed by atoms with E-state index in [9.17, 15) is 5.11 Å². The first-order valence-electron chi connectivity index (χ1n) is 7.99. The van der Waals surface area contributed by atoms with E-state index in [4.69, 9.17) is 0 Å². The lowest BCUT2D eigenvalue weighted by Gasteiger charge is -2.26. The van der Waals surface area contributed by atoms with Crippen molar-refractivity contribution < 1.29 is 5.11 Å². The van der Waals surface area contributed by atoms with Gasteiger partial charge in [0.05, 0.1) is 6.10 Å². The first-order chi connectivity index (χ1) is 10.5. The molecule has 0 amide bonds. The number of benzene rings is 2. The summed E-state index contributed by atoms with van der Waals surface area (Å²) < 4.78 is 0. The Balaban J connectivity index is 0.00000264. The molecule has 2 rings (SSSR count). The second kappa shape index (κ2) is 9.07. The molecular weight excluding hydrogens is 306 g/mol. The zero-order valence-electron chi connectivity index (χ0n) is 14.2. The Morgan fingerprint density at radius 2 is 1.30 bits per heavy atom. The van der Waals surface area contributed by atoms with Crippen LogP contribution in [0.2, 0.25) is 0 Å². The summed E-state index contributed by atoms with van der Waals surface area (Å²) in [5, 5.41) is 13.8. The molecule has 2 aromatic rings. The average molecular weight is 334 g/mol. The fraction of sp³-hybridized carbons (Fsp3) is 0.400. The number of halogens is 1. The number of hydrogen-bond acceptors (Lipinski definition) is 2. The minimum atomic E-state index is -0.371. The number of β-amino-alcohol motifs (C(OH)–C–C–N with tert-alkyl or cyclic N) is 1. The topological polar surface area (TPSA) is 32.3 Å². The highest BCUT2D eigenvalue weighted by Gasteiger charge is 2.19. The summed E-state index contributed by atoms with van der Waals surface area (Å²) in [6, 6.07) is 20.9. The van der Waals surface area contributed by atoms with Gasteiger partial charge in [-0.1, -0.05) is 60.7 Å². The zero-order valence-corrected chi connectivity index (χ0v) is 15.0. The molecular formula is C20H28ClNO. The smallest absolute Gasteiger partial charge is 0.0673 e. The Bertz CT molecular complexity index is 511. The zero-order chi connectivity index (χ0) is 16.0. The van der Waals surface area contributed by atoms with Crippen molar-refractivity contribution >= 4 is 12.4 Å². The monoisotopic (exact) mass is 333 g/mol. The molecule has 1 atom stereocenters. The minimum absolute atomic E-state index is 0. The SMILES string of the molecule is CC(C)(C)NCC(O)CC(c1ccccc1)c1ccccc1.Cl. The van der Waals surface area contributed by atoms with Gasteiger partial charge in [-0.25, -0.2) is 0 Å². The molecule has 0 saturated carbocycles. The molecule has 0 bridgehead atoms. The molecule has 0 aliphatic heterocycles. The van der Waals surface area contributed by atoms with Crippen LogP contribution < -0.4 is 5.32 Å². The summed E-state index contributed by atoms with van der Waals surface area (Å²) in [6.45, 7) is 6.96. The molecule has 0 radical (unpaired) electrons. The van der Waals surface area contributed by atoms with Gasteiger partial charge in [-0.2, -0.15) is 0 Å². The van der Waals surface area contributed by atoms with Crippen molar-refractivity contribution in [3.8, 4) is 0 Å². The Labute approximate surface area is 146 Å². The average Bonchev–Trinajstić information content (AvgIpc) is 2.52. The molecule has 0 heterocycles. The number of hydrogen-bond donors (Lipinski definition) is 2. The van der Waals surface area contributed by atoms with Crippen molar-refractivity contribution in [2.24, 2.45) is 0 Å². The summed E-state index contributed by atoms with van der Waals surface area (Å²) in [4.78, 5) is 0. The Morgan fingerprint density at radius 3 is 1.70 bits per heavy atom. The van der Waals surface area contributed by atoms with Crippen molar-refractivity contribution in [3.63, 3.8) is 0 Å². The highest BCUT2D eigenvalue weighted by atomic mass is 35.5. The minimum Gasteiger partial charge on any atom is -0.392 e. The number of aliphatic hydroxyl groups excluding tert-OH is 1. The lowest BCUT2D eigenvalue weighted by molar-refractivity contribution is 0.147. The number of rotatable bonds is 6. The van der Waals surface area contributed by atoms with Crippen molar-refractivity contribution in [1.29, 1.82) is 0 Å². The van der Waals surface area contributed by atoms with Gasteiger partial charge in [-0.3, -0.25) is 0 Å². The Hall–Kier alpha value is -1.35. The third-order valence-electron chi connectivity index (χ3n) is 3.78. The van der Waals surface area contributed by atoms with Gasteiger partial charge in [0.15, 0.2) is 0 Å². The second-order valence-electron chi connectivity index (χ2n) is 6.89. The van der Waals surface area contributed by atoms with Crippen LogP contribution in [0.25, 0.3) is 0 Å². The van der Waals surface area contributed by atoms with E-state index in [2.05, 4.69) is 74.6 Å². The predicted molar refractivity (Wildman–Crippen MR) is 100 cm³/mol. The van der Waals surface area contributed by atoms with Crippen molar-refractivity contribution in [2.45, 2.75) is 44.8 Å². The molecule has 1 unspecified atom stereocenters. The van der Waals surface area contributed by atoms with E-state index in [1.807, 2.05) is 12.1 Å². The third-order valence-corrected chi connectivity index (χ3v) is 3.78. The summed E-state index contributed by atoms with van der Waals surface area (Å²) >= 11 is 0. The van der Waals surface area contributed by atoms with Gasteiger partial charge in [0.2, 0.25) is 0 Å². The van der Waals surface area contributed by atoms with Crippen LogP contribution in [0.15, 0.2) is 60.7 Å². The van der Waals surface area contributed by atoms with Crippen LogP contribution in [0.4, 0.5) is 0 Å². The molecule has 0 aliphatic carbocycles. The Morgan fingerprint density at radius 1 is 0.870 bits per heavy atom. The predicted octanol–water partition coefficient (Wildman–Crippen LogP) is 4.38. The van der Waals surface area contributed by atoms with Crippen LogP contribution in [0.3, 0.4) is 0 Å². The quantitative estimate of drug-likeness (QED) is 0.822. The van der Waals surface area contributed by atoms with Gasteiger partial charge < -0.3 is 10.4 Å². The van der Waals surface area contributed by atoms with E-state index in [1.54, 1.807) is 0 Å². The molecule has 0 spiro atoms. The maximum Gasteiger partial charge on any atom is 0.0673 e. The molecule has 0 fully saturated rings. The van der Waals surface area contributed by atoms with Crippen molar-refractivity contribution in [2.75, 3.05) is 6.54 Å². The van der Waals surface area contributed by atoms with Gasteiger partial charge in [-0.15, -0.1) is 12.4 Å². The number of nitrogens with one attached hydrogen (secondary N) is 1. The van der Waals surface area contributed by atoms with Crippen LogP contribution in [-0.2, 0) is 0 Å². The highest BCUT2D eigenvalue weighted by Crippen LogP contribution is 2.29. The molecule has 126 valence electrons. The van der Waals surface area contributed by atoms with E-state index in [-0.39, 0.29) is 30.0 Å². The Kier molecular flexibility index (Phi) is 7.77. The summed E-state index contributed by atoms with van der Waals surface area (Å²) in [5.41, 5.74) is 2.53. The molecule has 2 aromatic carbocycles. The van der Waals surface area contributed by atoms with Gasteiger partial charge in [0, 0.05) is 18.0 Å². The van der Waals surface area contributed by atoms with Crippen LogP contribution in [0, 0.1) is 0 Å². The summed E-state index contributed by atoms with van der Waals surface area (Å²) in [5.74, 6) is 0.221. The van der Waals surface area contributed by atoms with Crippen molar-refractivity contribution in [1.82, 2.24) is 5.32 Å². The lowest BCUT2D eigenvalue weighted by Crippen LogP contribution is -2.41. The molecule has 3 heteroatoms. The van der Waals surface area contributed by atoms with E-state index >= 15 is 0 Å². The van der Waals surface area contributed by atoms with Crippen LogP contribution >= 0.6 is 12.4 Å². The first kappa shape index (κ1) is 19.7. The van der Waals surface area contributed by atoms with Crippen LogP contribution in [-0.4, -0.2) is 23.3 Å². The lowest BCUT2D eigenvalue weighted by atomic mass is 9.86. The maximum absolute atomic E-state index is 10.4.